The summed E-state index contributed by atoms with van der Waals surface area (Å²) < 4.78 is 98.1. The fourth-order valence-corrected chi connectivity index (χ4v) is 5.92. The first-order valence-electron chi connectivity index (χ1n) is 15.0. The summed E-state index contributed by atoms with van der Waals surface area (Å²) in [7, 11) is 0. The molecule has 2 amide bonds. The molecule has 1 saturated heterocycles. The summed E-state index contributed by atoms with van der Waals surface area (Å²) in [6, 6.07) is 9.17. The Morgan fingerprint density at radius 1 is 1.02 bits per heavy atom. The lowest BCUT2D eigenvalue weighted by Gasteiger charge is -2.32. The Morgan fingerprint density at radius 2 is 1.77 bits per heavy atom. The highest BCUT2D eigenvalue weighted by atomic mass is 19.4. The molecule has 1 aliphatic rings. The summed E-state index contributed by atoms with van der Waals surface area (Å²) in [6.07, 6.45) is -3.24. The van der Waals surface area contributed by atoms with Crippen LogP contribution in [0.1, 0.15) is 53.6 Å². The van der Waals surface area contributed by atoms with Gasteiger partial charge >= 0.3 is 18.4 Å². The number of nitrogens with one attached hydrogen (secondary N) is 1. The first-order chi connectivity index (χ1) is 22.2. The third kappa shape index (κ3) is 7.95. The SMILES string of the molecule is CCCn1cc(-c2cccc3c2c(C(=O)N2CCC(c4cc(CNC(=O)C(F)(F)F)ccc4F)CC2)cn3CCOC(F)(F)F)cn1. The maximum Gasteiger partial charge on any atom is 0.522 e. The zero-order chi connectivity index (χ0) is 33.9. The molecular formula is C32H32F7N5O3. The van der Waals surface area contributed by atoms with Gasteiger partial charge in [-0.1, -0.05) is 31.2 Å². The van der Waals surface area contributed by atoms with Gasteiger partial charge in [0.1, 0.15) is 5.82 Å². The number of hydrogen-bond acceptors (Lipinski definition) is 4. The topological polar surface area (TPSA) is 81.4 Å². The number of rotatable bonds is 10. The van der Waals surface area contributed by atoms with Gasteiger partial charge in [0, 0.05) is 61.6 Å². The number of alkyl halides is 6. The van der Waals surface area contributed by atoms with Crippen LogP contribution in [0.15, 0.2) is 55.0 Å². The quantitative estimate of drug-likeness (QED) is 0.189. The average Bonchev–Trinajstić information content (AvgIpc) is 3.64. The van der Waals surface area contributed by atoms with Crippen molar-refractivity contribution >= 4 is 22.7 Å². The zero-order valence-electron chi connectivity index (χ0n) is 25.3. The van der Waals surface area contributed by atoms with Crippen LogP contribution in [0, 0.1) is 5.82 Å². The highest BCUT2D eigenvalue weighted by Crippen LogP contribution is 2.36. The van der Waals surface area contributed by atoms with E-state index in [2.05, 4.69) is 9.84 Å². The third-order valence-corrected chi connectivity index (χ3v) is 8.12. The molecule has 0 atom stereocenters. The Hall–Kier alpha value is -4.40. The van der Waals surface area contributed by atoms with Crippen molar-refractivity contribution in [1.82, 2.24) is 24.6 Å². The minimum Gasteiger partial charge on any atom is -0.344 e. The van der Waals surface area contributed by atoms with Gasteiger partial charge in [-0.05, 0) is 54.0 Å². The molecule has 0 bridgehead atoms. The van der Waals surface area contributed by atoms with E-state index >= 15 is 0 Å². The van der Waals surface area contributed by atoms with E-state index in [0.29, 0.717) is 41.4 Å². The predicted octanol–water partition coefficient (Wildman–Crippen LogP) is 6.79. The monoisotopic (exact) mass is 667 g/mol. The molecule has 15 heteroatoms. The zero-order valence-corrected chi connectivity index (χ0v) is 25.3. The molecule has 8 nitrogen and oxygen atoms in total. The molecule has 2 aromatic carbocycles. The summed E-state index contributed by atoms with van der Waals surface area (Å²) in [5, 5.41) is 6.72. The summed E-state index contributed by atoms with van der Waals surface area (Å²) in [4.78, 5) is 26.8. The maximum atomic E-state index is 14.8. The van der Waals surface area contributed by atoms with Crippen molar-refractivity contribution in [2.75, 3.05) is 19.7 Å². The Kier molecular flexibility index (Phi) is 9.94. The van der Waals surface area contributed by atoms with Crippen molar-refractivity contribution in [2.45, 2.75) is 64.3 Å². The van der Waals surface area contributed by atoms with Crippen molar-refractivity contribution < 1.29 is 45.1 Å². The molecule has 47 heavy (non-hydrogen) atoms. The van der Waals surface area contributed by atoms with Gasteiger partial charge in [-0.2, -0.15) is 18.3 Å². The molecule has 5 rings (SSSR count). The van der Waals surface area contributed by atoms with Crippen LogP contribution in [0.2, 0.25) is 0 Å². The largest absolute Gasteiger partial charge is 0.522 e. The number of ether oxygens (including phenoxy) is 1. The third-order valence-electron chi connectivity index (χ3n) is 8.12. The van der Waals surface area contributed by atoms with E-state index < -0.39 is 37.4 Å². The highest BCUT2D eigenvalue weighted by Gasteiger charge is 2.38. The van der Waals surface area contributed by atoms with Crippen molar-refractivity contribution in [3.8, 4) is 11.1 Å². The van der Waals surface area contributed by atoms with Crippen LogP contribution in [0.25, 0.3) is 22.0 Å². The minimum atomic E-state index is -5.04. The van der Waals surface area contributed by atoms with Crippen LogP contribution in [-0.4, -0.2) is 63.3 Å². The number of piperidine rings is 1. The van der Waals surface area contributed by atoms with Crippen LogP contribution in [0.5, 0.6) is 0 Å². The van der Waals surface area contributed by atoms with Gasteiger partial charge in [-0.15, -0.1) is 13.2 Å². The lowest BCUT2D eigenvalue weighted by molar-refractivity contribution is -0.325. The second-order valence-electron chi connectivity index (χ2n) is 11.3. The number of halogens is 7. The molecule has 0 spiro atoms. The predicted molar refractivity (Wildman–Crippen MR) is 158 cm³/mol. The molecular weight excluding hydrogens is 635 g/mol. The first kappa shape index (κ1) is 33.9. The average molecular weight is 668 g/mol. The molecule has 2 aromatic heterocycles. The number of fused-ring (bicyclic) bond motifs is 1. The van der Waals surface area contributed by atoms with Gasteiger partial charge in [0.05, 0.1) is 18.4 Å². The Balaban J connectivity index is 1.38. The van der Waals surface area contributed by atoms with Gasteiger partial charge in [-0.25, -0.2) is 4.39 Å². The number of likely N-dealkylation sites (tertiary alicyclic amines) is 1. The molecule has 3 heterocycles. The van der Waals surface area contributed by atoms with Gasteiger partial charge in [0.2, 0.25) is 0 Å². The van der Waals surface area contributed by atoms with Gasteiger partial charge in [0.25, 0.3) is 5.91 Å². The van der Waals surface area contributed by atoms with Crippen LogP contribution < -0.4 is 5.32 Å². The fourth-order valence-electron chi connectivity index (χ4n) is 5.92. The lowest BCUT2D eigenvalue weighted by Crippen LogP contribution is -2.38. The second kappa shape index (κ2) is 13.8. The highest BCUT2D eigenvalue weighted by molar-refractivity contribution is 6.12. The van der Waals surface area contributed by atoms with Crippen molar-refractivity contribution in [3.05, 3.63) is 77.5 Å². The molecule has 1 fully saturated rings. The van der Waals surface area contributed by atoms with Crippen LogP contribution in [0.4, 0.5) is 30.7 Å². The van der Waals surface area contributed by atoms with Crippen LogP contribution in [-0.2, 0) is 29.2 Å². The van der Waals surface area contributed by atoms with Crippen LogP contribution in [0.3, 0.4) is 0 Å². The Labute approximate surface area is 265 Å². The van der Waals surface area contributed by atoms with E-state index in [-0.39, 0.29) is 42.6 Å². The molecule has 4 aromatic rings. The molecule has 1 N–H and O–H groups in total. The van der Waals surface area contributed by atoms with E-state index in [1.807, 2.05) is 19.2 Å². The standard InChI is InChI=1S/C32H32F7N5O3/c1-2-10-44-18-22(17-41-44)23-4-3-5-27-28(23)25(19-43(27)13-14-47-32(37,38)39)29(45)42-11-8-21(9-12-42)24-15-20(6-7-26(24)33)16-40-30(46)31(34,35)36/h3-7,15,17-19,21H,2,8-14,16H2,1H3,(H,40,46). The lowest BCUT2D eigenvalue weighted by atomic mass is 9.88. The summed E-state index contributed by atoms with van der Waals surface area (Å²) in [6.45, 7) is 1.91. The molecule has 0 aliphatic carbocycles. The Bertz CT molecular complexity index is 1740. The number of nitrogens with zero attached hydrogens (tertiary/aromatic N) is 4. The smallest absolute Gasteiger partial charge is 0.344 e. The summed E-state index contributed by atoms with van der Waals surface area (Å²) in [5.41, 5.74) is 2.85. The fraction of sp³-hybridized carbons (Fsp3) is 0.406. The van der Waals surface area contributed by atoms with E-state index in [9.17, 15) is 40.3 Å². The number of amides is 2. The van der Waals surface area contributed by atoms with Crippen molar-refractivity contribution in [1.29, 1.82) is 0 Å². The molecule has 0 saturated carbocycles. The van der Waals surface area contributed by atoms with Crippen molar-refractivity contribution in [3.63, 3.8) is 0 Å². The van der Waals surface area contributed by atoms with Crippen molar-refractivity contribution in [2.24, 2.45) is 0 Å². The minimum absolute atomic E-state index is 0.164. The number of carbonyl (C=O) groups is 2. The van der Waals surface area contributed by atoms with E-state index in [0.717, 1.165) is 18.1 Å². The number of benzene rings is 2. The van der Waals surface area contributed by atoms with Gasteiger partial charge in [0.15, 0.2) is 0 Å². The number of aromatic nitrogens is 3. The Morgan fingerprint density at radius 3 is 2.45 bits per heavy atom. The number of aryl methyl sites for hydroxylation is 1. The molecule has 252 valence electrons. The van der Waals surface area contributed by atoms with Crippen LogP contribution >= 0.6 is 0 Å². The van der Waals surface area contributed by atoms with Gasteiger partial charge < -0.3 is 14.8 Å². The van der Waals surface area contributed by atoms with E-state index in [1.54, 1.807) is 37.8 Å². The number of hydrogen-bond donors (Lipinski definition) is 1. The number of carbonyl (C=O) groups excluding carboxylic acids is 2. The van der Waals surface area contributed by atoms with E-state index in [1.165, 1.54) is 18.3 Å². The first-order valence-corrected chi connectivity index (χ1v) is 15.0. The second-order valence-corrected chi connectivity index (χ2v) is 11.3. The summed E-state index contributed by atoms with van der Waals surface area (Å²) >= 11 is 0. The molecule has 0 radical (unpaired) electrons. The summed E-state index contributed by atoms with van der Waals surface area (Å²) in [5.74, 6) is -3.32. The van der Waals surface area contributed by atoms with Gasteiger partial charge in [-0.3, -0.25) is 19.0 Å². The molecule has 1 aliphatic heterocycles. The maximum absolute atomic E-state index is 14.8. The molecule has 0 unspecified atom stereocenters. The normalized spacial score (nSPS) is 14.6. The van der Waals surface area contributed by atoms with E-state index in [4.69, 9.17) is 0 Å².